The van der Waals surface area contributed by atoms with Crippen molar-refractivity contribution in [2.45, 2.75) is 19.4 Å². The number of tetrazole rings is 1. The molecule has 7 nitrogen and oxygen atoms in total. The first kappa shape index (κ1) is 12.0. The lowest BCUT2D eigenvalue weighted by Crippen LogP contribution is -2.19. The van der Waals surface area contributed by atoms with Crippen molar-refractivity contribution in [2.75, 3.05) is 0 Å². The maximum absolute atomic E-state index is 8.51. The molecule has 18 heavy (non-hydrogen) atoms. The topological polar surface area (TPSA) is 102 Å². The van der Waals surface area contributed by atoms with Crippen LogP contribution in [0.15, 0.2) is 35.5 Å². The minimum absolute atomic E-state index is 0.120. The third-order valence-electron chi connectivity index (χ3n) is 2.49. The average molecular weight is 246 g/mol. The van der Waals surface area contributed by atoms with Crippen LogP contribution in [0.1, 0.15) is 19.4 Å². The Balaban J connectivity index is 2.16. The van der Waals surface area contributed by atoms with Crippen LogP contribution in [0.2, 0.25) is 0 Å². The van der Waals surface area contributed by atoms with Gasteiger partial charge in [0, 0.05) is 12.0 Å². The van der Waals surface area contributed by atoms with E-state index < -0.39 is 0 Å². The molecule has 0 amide bonds. The van der Waals surface area contributed by atoms with Gasteiger partial charge in [0.2, 0.25) is 5.82 Å². The summed E-state index contributed by atoms with van der Waals surface area (Å²) in [5.41, 5.74) is 6.34. The molecule has 1 unspecified atom stereocenters. The Hall–Kier alpha value is -2.44. The highest BCUT2D eigenvalue weighted by Gasteiger charge is 2.12. The van der Waals surface area contributed by atoms with Crippen molar-refractivity contribution in [1.82, 2.24) is 20.2 Å². The van der Waals surface area contributed by atoms with Crippen LogP contribution in [0.5, 0.6) is 0 Å². The first-order chi connectivity index (χ1) is 8.70. The molecule has 1 heterocycles. The predicted octanol–water partition coefficient (Wildman–Crippen LogP) is 1.04. The minimum Gasteiger partial charge on any atom is -0.409 e. The van der Waals surface area contributed by atoms with Gasteiger partial charge in [-0.1, -0.05) is 35.5 Å². The molecule has 1 atom stereocenters. The quantitative estimate of drug-likeness (QED) is 0.363. The Kier molecular flexibility index (Phi) is 3.52. The second-order valence-electron chi connectivity index (χ2n) is 3.94. The molecule has 2 rings (SSSR count). The molecule has 0 aliphatic heterocycles. The average Bonchev–Trinajstić information content (AvgIpc) is 2.89. The normalized spacial score (nSPS) is 13.5. The van der Waals surface area contributed by atoms with Crippen LogP contribution in [0.3, 0.4) is 0 Å². The summed E-state index contributed by atoms with van der Waals surface area (Å²) in [7, 11) is 0. The molecular weight excluding hydrogens is 232 g/mol. The summed E-state index contributed by atoms with van der Waals surface area (Å²) in [6.45, 7) is 1.87. The highest BCUT2D eigenvalue weighted by molar-refractivity contribution is 5.79. The van der Waals surface area contributed by atoms with E-state index in [-0.39, 0.29) is 11.9 Å². The second kappa shape index (κ2) is 5.26. The second-order valence-corrected chi connectivity index (χ2v) is 3.94. The monoisotopic (exact) mass is 246 g/mol. The zero-order valence-corrected chi connectivity index (χ0v) is 9.93. The Morgan fingerprint density at radius 2 is 2.17 bits per heavy atom. The molecule has 0 aliphatic rings. The summed E-state index contributed by atoms with van der Waals surface area (Å²) in [5, 5.41) is 23.6. The summed E-state index contributed by atoms with van der Waals surface area (Å²) in [4.78, 5) is 1.46. The number of amidine groups is 1. The van der Waals surface area contributed by atoms with E-state index in [9.17, 15) is 0 Å². The third kappa shape index (κ3) is 2.62. The fourth-order valence-corrected chi connectivity index (χ4v) is 1.54. The molecule has 1 aromatic carbocycles. The molecule has 2 aromatic rings. The molecule has 0 saturated carbocycles. The summed E-state index contributed by atoms with van der Waals surface area (Å²) in [6.07, 6.45) is 0.362. The number of aromatic nitrogens is 4. The van der Waals surface area contributed by atoms with Crippen LogP contribution >= 0.6 is 0 Å². The molecule has 0 aliphatic carbocycles. The Morgan fingerprint density at radius 1 is 1.44 bits per heavy atom. The molecule has 94 valence electrons. The Labute approximate surface area is 104 Å². The van der Waals surface area contributed by atoms with Gasteiger partial charge in [0.1, 0.15) is 5.84 Å². The van der Waals surface area contributed by atoms with Crippen LogP contribution in [0.25, 0.3) is 11.4 Å². The maximum Gasteiger partial charge on any atom is 0.204 e. The maximum atomic E-state index is 8.51. The number of benzene rings is 1. The van der Waals surface area contributed by atoms with Gasteiger partial charge in [-0.15, -0.1) is 10.2 Å². The highest BCUT2D eigenvalue weighted by atomic mass is 16.4. The zero-order valence-electron chi connectivity index (χ0n) is 9.93. The van der Waals surface area contributed by atoms with E-state index in [0.29, 0.717) is 12.2 Å². The fourth-order valence-electron chi connectivity index (χ4n) is 1.54. The molecule has 0 fully saturated rings. The van der Waals surface area contributed by atoms with Crippen LogP contribution in [0.4, 0.5) is 0 Å². The van der Waals surface area contributed by atoms with Gasteiger partial charge in [-0.25, -0.2) is 0 Å². The van der Waals surface area contributed by atoms with Crippen molar-refractivity contribution >= 4 is 5.84 Å². The summed E-state index contributed by atoms with van der Waals surface area (Å²) < 4.78 is 0. The smallest absolute Gasteiger partial charge is 0.204 e. The fraction of sp³-hybridized carbons (Fsp3) is 0.273. The number of hydrogen-bond acceptors (Lipinski definition) is 5. The lowest BCUT2D eigenvalue weighted by atomic mass is 10.2. The van der Waals surface area contributed by atoms with Crippen molar-refractivity contribution in [1.29, 1.82) is 0 Å². The molecule has 1 aromatic heterocycles. The molecule has 3 N–H and O–H groups in total. The summed E-state index contributed by atoms with van der Waals surface area (Å²) >= 11 is 0. The Bertz CT molecular complexity index is 535. The number of nitrogens with zero attached hydrogens (tertiary/aromatic N) is 5. The van der Waals surface area contributed by atoms with E-state index in [2.05, 4.69) is 20.6 Å². The van der Waals surface area contributed by atoms with Crippen molar-refractivity contribution in [3.8, 4) is 11.4 Å². The lowest BCUT2D eigenvalue weighted by molar-refractivity contribution is 0.314. The molecule has 0 radical (unpaired) electrons. The van der Waals surface area contributed by atoms with Gasteiger partial charge < -0.3 is 10.9 Å². The van der Waals surface area contributed by atoms with E-state index in [4.69, 9.17) is 10.9 Å². The summed E-state index contributed by atoms with van der Waals surface area (Å²) in [5.74, 6) is 0.697. The predicted molar refractivity (Wildman–Crippen MR) is 66.0 cm³/mol. The Morgan fingerprint density at radius 3 is 2.83 bits per heavy atom. The van der Waals surface area contributed by atoms with Crippen LogP contribution in [0, 0.1) is 0 Å². The van der Waals surface area contributed by atoms with Gasteiger partial charge >= 0.3 is 0 Å². The lowest BCUT2D eigenvalue weighted by Gasteiger charge is -2.07. The number of nitrogens with two attached hydrogens (primary N) is 1. The number of hydrogen-bond donors (Lipinski definition) is 2. The SMILES string of the molecule is CC(CC(N)=NO)n1nnc(-c2ccccc2)n1. The van der Waals surface area contributed by atoms with Gasteiger partial charge in [0.05, 0.1) is 6.04 Å². The van der Waals surface area contributed by atoms with Gasteiger partial charge in [-0.2, -0.15) is 4.80 Å². The van der Waals surface area contributed by atoms with E-state index in [1.165, 1.54) is 4.80 Å². The van der Waals surface area contributed by atoms with Gasteiger partial charge in [0.25, 0.3) is 0 Å². The number of oxime groups is 1. The molecule has 0 bridgehead atoms. The molecular formula is C11H14N6O. The van der Waals surface area contributed by atoms with E-state index in [1.54, 1.807) is 0 Å². The van der Waals surface area contributed by atoms with E-state index in [0.717, 1.165) is 5.56 Å². The van der Waals surface area contributed by atoms with Crippen LogP contribution in [-0.2, 0) is 0 Å². The summed E-state index contributed by atoms with van der Waals surface area (Å²) in [6, 6.07) is 9.46. The molecule has 0 spiro atoms. The third-order valence-corrected chi connectivity index (χ3v) is 2.49. The van der Waals surface area contributed by atoms with E-state index >= 15 is 0 Å². The number of rotatable bonds is 4. The highest BCUT2D eigenvalue weighted by Crippen LogP contribution is 2.14. The van der Waals surface area contributed by atoms with Crippen molar-refractivity contribution in [2.24, 2.45) is 10.9 Å². The molecule has 7 heteroatoms. The standard InChI is InChI=1S/C11H14N6O/c1-8(7-10(12)15-18)17-14-11(13-16-17)9-5-3-2-4-6-9/h2-6,8,18H,7H2,1H3,(H2,12,15). The van der Waals surface area contributed by atoms with Crippen molar-refractivity contribution in [3.63, 3.8) is 0 Å². The first-order valence-corrected chi connectivity index (χ1v) is 5.52. The van der Waals surface area contributed by atoms with Gasteiger partial charge in [0.15, 0.2) is 0 Å². The van der Waals surface area contributed by atoms with Crippen LogP contribution < -0.4 is 5.73 Å². The van der Waals surface area contributed by atoms with Crippen molar-refractivity contribution < 1.29 is 5.21 Å². The van der Waals surface area contributed by atoms with Crippen LogP contribution in [-0.4, -0.2) is 31.3 Å². The first-order valence-electron chi connectivity index (χ1n) is 5.52. The largest absolute Gasteiger partial charge is 0.409 e. The van der Waals surface area contributed by atoms with Gasteiger partial charge in [-0.05, 0) is 12.1 Å². The van der Waals surface area contributed by atoms with E-state index in [1.807, 2.05) is 37.3 Å². The van der Waals surface area contributed by atoms with Crippen molar-refractivity contribution in [3.05, 3.63) is 30.3 Å². The minimum atomic E-state index is -0.120. The zero-order chi connectivity index (χ0) is 13.0. The molecule has 0 saturated heterocycles. The van der Waals surface area contributed by atoms with Gasteiger partial charge in [-0.3, -0.25) is 0 Å².